The van der Waals surface area contributed by atoms with E-state index in [1.807, 2.05) is 42.5 Å². The molecule has 0 aliphatic heterocycles. The van der Waals surface area contributed by atoms with Crippen LogP contribution in [0, 0.1) is 5.41 Å². The Morgan fingerprint density at radius 2 is 1.71 bits per heavy atom. The van der Waals surface area contributed by atoms with Crippen molar-refractivity contribution in [2.45, 2.75) is 45.1 Å². The van der Waals surface area contributed by atoms with E-state index < -0.39 is 17.4 Å². The van der Waals surface area contributed by atoms with Crippen LogP contribution in [0.2, 0.25) is 0 Å². The number of ether oxygens (including phenoxy) is 2. The molecule has 3 rings (SSSR count). The van der Waals surface area contributed by atoms with E-state index in [1.54, 1.807) is 21.1 Å². The SMILES string of the molecule is CON=C1CCCCC1(C)C(=O)N[C@@H](Cc1ccc(-c2c(OC)cccc2OC)cc1)C(=O)O. The van der Waals surface area contributed by atoms with E-state index in [0.29, 0.717) is 30.1 Å². The molecule has 8 heteroatoms. The number of carbonyl (C=O) groups excluding carboxylic acids is 1. The molecule has 0 spiro atoms. The number of hydrogen-bond acceptors (Lipinski definition) is 6. The fourth-order valence-corrected chi connectivity index (χ4v) is 4.39. The van der Waals surface area contributed by atoms with Gasteiger partial charge in [-0.05, 0) is 49.4 Å². The predicted octanol–water partition coefficient (Wildman–Crippen LogP) is 4.07. The standard InChI is InChI=1S/C26H32N2O6/c1-26(15-6-5-10-22(26)28-34-4)25(31)27-19(24(29)30)16-17-11-13-18(14-12-17)23-20(32-2)8-7-9-21(23)33-3/h7-9,11-14,19H,5-6,10,15-16H2,1-4H3,(H,27,31)(H,29,30)/t19-,26?/m0/s1. The first kappa shape index (κ1) is 25.1. The first-order valence-electron chi connectivity index (χ1n) is 11.3. The van der Waals surface area contributed by atoms with E-state index in [0.717, 1.165) is 29.5 Å². The second-order valence-corrected chi connectivity index (χ2v) is 8.56. The minimum Gasteiger partial charge on any atom is -0.496 e. The van der Waals surface area contributed by atoms with Crippen LogP contribution in [-0.4, -0.2) is 50.1 Å². The number of carbonyl (C=O) groups is 2. The van der Waals surface area contributed by atoms with Crippen LogP contribution < -0.4 is 14.8 Å². The van der Waals surface area contributed by atoms with Crippen molar-refractivity contribution in [2.24, 2.45) is 10.6 Å². The molecule has 1 aliphatic rings. The van der Waals surface area contributed by atoms with E-state index >= 15 is 0 Å². The zero-order chi connectivity index (χ0) is 24.7. The third-order valence-electron chi connectivity index (χ3n) is 6.39. The average molecular weight is 469 g/mol. The first-order chi connectivity index (χ1) is 16.3. The van der Waals surface area contributed by atoms with Gasteiger partial charge in [-0.25, -0.2) is 4.79 Å². The van der Waals surface area contributed by atoms with E-state index in [2.05, 4.69) is 10.5 Å². The van der Waals surface area contributed by atoms with Gasteiger partial charge in [0, 0.05) is 6.42 Å². The number of oxime groups is 1. The largest absolute Gasteiger partial charge is 0.496 e. The summed E-state index contributed by atoms with van der Waals surface area (Å²) in [6, 6.07) is 12.0. The lowest BCUT2D eigenvalue weighted by molar-refractivity contribution is -0.143. The summed E-state index contributed by atoms with van der Waals surface area (Å²) in [5.41, 5.74) is 2.25. The van der Waals surface area contributed by atoms with Gasteiger partial charge in [0.1, 0.15) is 24.7 Å². The average Bonchev–Trinajstić information content (AvgIpc) is 2.85. The molecular weight excluding hydrogens is 436 g/mol. The molecule has 0 heterocycles. The number of benzene rings is 2. The summed E-state index contributed by atoms with van der Waals surface area (Å²) >= 11 is 0. The summed E-state index contributed by atoms with van der Waals surface area (Å²) in [4.78, 5) is 30.1. The minimum atomic E-state index is -1.09. The maximum atomic E-state index is 13.2. The van der Waals surface area contributed by atoms with Crippen molar-refractivity contribution in [3.63, 3.8) is 0 Å². The van der Waals surface area contributed by atoms with Crippen molar-refractivity contribution in [3.8, 4) is 22.6 Å². The van der Waals surface area contributed by atoms with Gasteiger partial charge in [0.2, 0.25) is 5.91 Å². The Kier molecular flexibility index (Phi) is 8.15. The Hall–Kier alpha value is -3.55. The maximum absolute atomic E-state index is 13.2. The molecule has 182 valence electrons. The molecule has 2 atom stereocenters. The highest BCUT2D eigenvalue weighted by molar-refractivity contribution is 6.09. The molecule has 1 unspecified atom stereocenters. The minimum absolute atomic E-state index is 0.150. The van der Waals surface area contributed by atoms with Crippen molar-refractivity contribution in [3.05, 3.63) is 48.0 Å². The number of hydrogen-bond donors (Lipinski definition) is 2. The Balaban J connectivity index is 1.79. The first-order valence-corrected chi connectivity index (χ1v) is 11.3. The van der Waals surface area contributed by atoms with Crippen LogP contribution in [0.25, 0.3) is 11.1 Å². The lowest BCUT2D eigenvalue weighted by Gasteiger charge is -2.34. The van der Waals surface area contributed by atoms with Gasteiger partial charge in [-0.15, -0.1) is 0 Å². The molecule has 0 radical (unpaired) electrons. The summed E-state index contributed by atoms with van der Waals surface area (Å²) in [7, 11) is 4.65. The zero-order valence-electron chi connectivity index (χ0n) is 20.1. The topological polar surface area (TPSA) is 106 Å². The van der Waals surface area contributed by atoms with Crippen LogP contribution in [0.5, 0.6) is 11.5 Å². The number of methoxy groups -OCH3 is 2. The van der Waals surface area contributed by atoms with Gasteiger partial charge in [0.15, 0.2) is 0 Å². The molecular formula is C26H32N2O6. The molecule has 2 N–H and O–H groups in total. The molecule has 0 saturated heterocycles. The Bertz CT molecular complexity index is 1030. The van der Waals surface area contributed by atoms with Crippen LogP contribution in [0.1, 0.15) is 38.2 Å². The Labute approximate surface area is 199 Å². The van der Waals surface area contributed by atoms with Gasteiger partial charge in [0.25, 0.3) is 0 Å². The van der Waals surface area contributed by atoms with Crippen LogP contribution in [0.15, 0.2) is 47.6 Å². The third-order valence-corrected chi connectivity index (χ3v) is 6.39. The normalized spacial score (nSPS) is 19.8. The summed E-state index contributed by atoms with van der Waals surface area (Å²) < 4.78 is 11.0. The fourth-order valence-electron chi connectivity index (χ4n) is 4.39. The molecule has 0 aromatic heterocycles. The van der Waals surface area contributed by atoms with Gasteiger partial charge in [-0.1, -0.05) is 41.9 Å². The maximum Gasteiger partial charge on any atom is 0.326 e. The fraction of sp³-hybridized carbons (Fsp3) is 0.423. The molecule has 2 aromatic rings. The number of carboxylic acids is 1. The van der Waals surface area contributed by atoms with Crippen LogP contribution >= 0.6 is 0 Å². The number of nitrogens with one attached hydrogen (secondary N) is 1. The second-order valence-electron chi connectivity index (χ2n) is 8.56. The lowest BCUT2D eigenvalue weighted by atomic mass is 9.73. The van der Waals surface area contributed by atoms with E-state index in [1.165, 1.54) is 7.11 Å². The third kappa shape index (κ3) is 5.32. The number of aliphatic carboxylic acids is 1. The number of nitrogens with zero attached hydrogens (tertiary/aromatic N) is 1. The van der Waals surface area contributed by atoms with E-state index in [-0.39, 0.29) is 12.3 Å². The monoisotopic (exact) mass is 468 g/mol. The Morgan fingerprint density at radius 3 is 2.26 bits per heavy atom. The van der Waals surface area contributed by atoms with Gasteiger partial charge < -0.3 is 24.7 Å². The van der Waals surface area contributed by atoms with Crippen LogP contribution in [0.3, 0.4) is 0 Å². The number of amides is 1. The smallest absolute Gasteiger partial charge is 0.326 e. The van der Waals surface area contributed by atoms with Crippen molar-refractivity contribution in [2.75, 3.05) is 21.3 Å². The molecule has 8 nitrogen and oxygen atoms in total. The highest BCUT2D eigenvalue weighted by Crippen LogP contribution is 2.38. The molecule has 1 aliphatic carbocycles. The Morgan fingerprint density at radius 1 is 1.06 bits per heavy atom. The van der Waals surface area contributed by atoms with Crippen molar-refractivity contribution in [1.82, 2.24) is 5.32 Å². The molecule has 2 aromatic carbocycles. The number of rotatable bonds is 9. The van der Waals surface area contributed by atoms with Gasteiger partial charge >= 0.3 is 5.97 Å². The quantitative estimate of drug-likeness (QED) is 0.538. The molecule has 0 bridgehead atoms. The highest BCUT2D eigenvalue weighted by Gasteiger charge is 2.42. The summed E-state index contributed by atoms with van der Waals surface area (Å²) in [6.45, 7) is 1.80. The van der Waals surface area contributed by atoms with E-state index in [9.17, 15) is 14.7 Å². The molecule has 34 heavy (non-hydrogen) atoms. The molecule has 1 saturated carbocycles. The summed E-state index contributed by atoms with van der Waals surface area (Å²) in [6.07, 6.45) is 3.21. The van der Waals surface area contributed by atoms with Crippen molar-refractivity contribution < 1.29 is 29.0 Å². The van der Waals surface area contributed by atoms with E-state index in [4.69, 9.17) is 14.3 Å². The summed E-state index contributed by atoms with van der Waals surface area (Å²) in [5.74, 6) is -0.0756. The second kappa shape index (κ2) is 11.0. The van der Waals surface area contributed by atoms with Gasteiger partial charge in [-0.3, -0.25) is 4.79 Å². The van der Waals surface area contributed by atoms with Crippen molar-refractivity contribution in [1.29, 1.82) is 0 Å². The van der Waals surface area contributed by atoms with Crippen molar-refractivity contribution >= 4 is 17.6 Å². The number of carboxylic acid groups (broad SMARTS) is 1. The highest BCUT2D eigenvalue weighted by atomic mass is 16.6. The zero-order valence-corrected chi connectivity index (χ0v) is 20.1. The predicted molar refractivity (Wildman–Crippen MR) is 129 cm³/mol. The van der Waals surface area contributed by atoms with Gasteiger partial charge in [0.05, 0.1) is 30.9 Å². The van der Waals surface area contributed by atoms with Gasteiger partial charge in [-0.2, -0.15) is 0 Å². The van der Waals surface area contributed by atoms with Crippen LogP contribution in [0.4, 0.5) is 0 Å². The molecule has 1 fully saturated rings. The lowest BCUT2D eigenvalue weighted by Crippen LogP contribution is -2.52. The summed E-state index contributed by atoms with van der Waals surface area (Å²) in [5, 5.41) is 16.6. The van der Waals surface area contributed by atoms with Crippen LogP contribution in [-0.2, 0) is 20.8 Å². The molecule has 1 amide bonds.